The molecule has 2 N–H and O–H groups in total. The number of pyridine rings is 1. The van der Waals surface area contributed by atoms with Crippen molar-refractivity contribution in [2.45, 2.75) is 51.2 Å². The molecule has 1 aromatic heterocycles. The number of halogens is 3. The Balaban J connectivity index is 0.000000360. The van der Waals surface area contributed by atoms with Crippen molar-refractivity contribution >= 4 is 29.3 Å². The van der Waals surface area contributed by atoms with Gasteiger partial charge in [0.25, 0.3) is 5.91 Å². The highest BCUT2D eigenvalue weighted by Gasteiger charge is 2.49. The molecule has 1 saturated heterocycles. The van der Waals surface area contributed by atoms with Crippen LogP contribution in [0.5, 0.6) is 0 Å². The van der Waals surface area contributed by atoms with Crippen LogP contribution in [0.1, 0.15) is 39.5 Å². The summed E-state index contributed by atoms with van der Waals surface area (Å²) >= 11 is 0. The summed E-state index contributed by atoms with van der Waals surface area (Å²) in [5.41, 5.74) is 0.338. The van der Waals surface area contributed by atoms with Gasteiger partial charge in [-0.15, -0.1) is 0 Å². The van der Waals surface area contributed by atoms with Gasteiger partial charge in [-0.1, -0.05) is 13.8 Å². The van der Waals surface area contributed by atoms with Crippen LogP contribution in [0, 0.1) is 11.8 Å². The highest BCUT2D eigenvalue weighted by atomic mass is 19.4. The number of nitrogens with zero attached hydrogens (tertiary/aromatic N) is 3. The van der Waals surface area contributed by atoms with Crippen molar-refractivity contribution < 1.29 is 32.7 Å². The number of aromatic nitrogens is 1. The summed E-state index contributed by atoms with van der Waals surface area (Å²) in [4.78, 5) is 42.8. The molecule has 0 atom stereocenters. The number of rotatable bonds is 3. The smallest absolute Gasteiger partial charge is 0.475 e. The maximum Gasteiger partial charge on any atom is 0.490 e. The number of alkyl halides is 3. The maximum atomic E-state index is 13.4. The van der Waals surface area contributed by atoms with Crippen LogP contribution >= 0.6 is 0 Å². The van der Waals surface area contributed by atoms with E-state index in [2.05, 4.69) is 10.3 Å². The summed E-state index contributed by atoms with van der Waals surface area (Å²) in [5.74, 6) is -1.09. The van der Waals surface area contributed by atoms with Crippen LogP contribution in [0.3, 0.4) is 0 Å². The van der Waals surface area contributed by atoms with Gasteiger partial charge in [-0.2, -0.15) is 13.2 Å². The molecule has 0 radical (unpaired) electrons. The Hall–Kier alpha value is -2.85. The molecule has 2 fully saturated rings. The molecular formula is C21H27F3N4O4. The molecule has 1 spiro atoms. The lowest BCUT2D eigenvalue weighted by atomic mass is 9.83. The predicted molar refractivity (Wildman–Crippen MR) is 110 cm³/mol. The molecule has 1 saturated carbocycles. The number of carboxylic acids is 1. The number of carbonyl (C=O) groups is 3. The van der Waals surface area contributed by atoms with E-state index in [0.717, 1.165) is 18.1 Å². The summed E-state index contributed by atoms with van der Waals surface area (Å²) in [6.07, 6.45) is 0.362. The number of aliphatic carboxylic acids is 1. The molecular weight excluding hydrogens is 429 g/mol. The molecule has 3 heterocycles. The van der Waals surface area contributed by atoms with Crippen LogP contribution in [0.4, 0.5) is 24.7 Å². The van der Waals surface area contributed by atoms with Crippen LogP contribution in [0.25, 0.3) is 0 Å². The van der Waals surface area contributed by atoms with Crippen LogP contribution in [-0.2, 0) is 14.4 Å². The van der Waals surface area contributed by atoms with Crippen LogP contribution in [0.15, 0.2) is 18.3 Å². The van der Waals surface area contributed by atoms with E-state index >= 15 is 0 Å². The van der Waals surface area contributed by atoms with Gasteiger partial charge >= 0.3 is 12.1 Å². The van der Waals surface area contributed by atoms with Crippen molar-refractivity contribution in [2.75, 3.05) is 29.9 Å². The first kappa shape index (κ1) is 23.8. The van der Waals surface area contributed by atoms with Crippen molar-refractivity contribution in [1.82, 2.24) is 9.88 Å². The van der Waals surface area contributed by atoms with E-state index in [1.54, 1.807) is 6.20 Å². The Morgan fingerprint density at radius 2 is 1.88 bits per heavy atom. The molecule has 2 amide bonds. The van der Waals surface area contributed by atoms with Crippen LogP contribution in [-0.4, -0.2) is 64.1 Å². The van der Waals surface area contributed by atoms with Gasteiger partial charge in [-0.25, -0.2) is 9.78 Å². The van der Waals surface area contributed by atoms with Crippen LogP contribution < -0.4 is 10.2 Å². The molecule has 8 nitrogen and oxygen atoms in total. The number of likely N-dealkylation sites (tertiary alicyclic amines) is 1. The largest absolute Gasteiger partial charge is 0.490 e. The average Bonchev–Trinajstić information content (AvgIpc) is 3.55. The first-order valence-corrected chi connectivity index (χ1v) is 10.6. The van der Waals surface area contributed by atoms with Crippen molar-refractivity contribution in [3.63, 3.8) is 0 Å². The molecule has 1 aliphatic carbocycles. The fraction of sp³-hybridized carbons (Fsp3) is 0.619. The van der Waals surface area contributed by atoms with E-state index in [-0.39, 0.29) is 17.7 Å². The maximum absolute atomic E-state index is 13.4. The van der Waals surface area contributed by atoms with Gasteiger partial charge in [0.1, 0.15) is 5.54 Å². The molecule has 2 aliphatic heterocycles. The number of anilines is 2. The quantitative estimate of drug-likeness (QED) is 0.725. The number of piperidine rings is 1. The van der Waals surface area contributed by atoms with E-state index in [9.17, 15) is 22.8 Å². The normalized spacial score (nSPS) is 19.8. The highest BCUT2D eigenvalue weighted by Crippen LogP contribution is 2.41. The van der Waals surface area contributed by atoms with Gasteiger partial charge in [0, 0.05) is 31.7 Å². The Kier molecular flexibility index (Phi) is 6.66. The van der Waals surface area contributed by atoms with E-state index in [1.165, 1.54) is 12.8 Å². The van der Waals surface area contributed by atoms with E-state index in [4.69, 9.17) is 9.90 Å². The zero-order valence-corrected chi connectivity index (χ0v) is 18.0. The second-order valence-corrected chi connectivity index (χ2v) is 8.72. The lowest BCUT2D eigenvalue weighted by Crippen LogP contribution is -2.63. The summed E-state index contributed by atoms with van der Waals surface area (Å²) in [7, 11) is 0. The minimum atomic E-state index is -5.08. The number of amides is 2. The minimum Gasteiger partial charge on any atom is -0.475 e. The summed E-state index contributed by atoms with van der Waals surface area (Å²) in [6, 6.07) is 3.91. The van der Waals surface area contributed by atoms with Gasteiger partial charge in [0.2, 0.25) is 5.91 Å². The lowest BCUT2D eigenvalue weighted by Gasteiger charge is -2.47. The first-order valence-electron chi connectivity index (χ1n) is 10.6. The minimum absolute atomic E-state index is 0.000331. The van der Waals surface area contributed by atoms with Crippen molar-refractivity contribution in [3.05, 3.63) is 18.3 Å². The molecule has 1 aromatic rings. The second kappa shape index (κ2) is 8.95. The number of carbonyl (C=O) groups excluding carboxylic acids is 2. The zero-order chi connectivity index (χ0) is 23.7. The SMILES string of the molecule is CC(C)C(=O)N1CCC2(CC1)Nc1cccnc1N(CC1CC1)C2=O.O=C(O)C(F)(F)F. The van der Waals surface area contributed by atoms with E-state index in [0.29, 0.717) is 31.8 Å². The summed E-state index contributed by atoms with van der Waals surface area (Å²) in [5, 5.41) is 10.6. The molecule has 3 aliphatic rings. The fourth-order valence-electron chi connectivity index (χ4n) is 3.92. The number of nitrogens with one attached hydrogen (secondary N) is 1. The summed E-state index contributed by atoms with van der Waals surface area (Å²) in [6.45, 7) is 5.87. The number of fused-ring (bicyclic) bond motifs is 1. The van der Waals surface area contributed by atoms with Crippen molar-refractivity contribution in [3.8, 4) is 0 Å². The third kappa shape index (κ3) is 5.13. The highest BCUT2D eigenvalue weighted by molar-refractivity contribution is 6.07. The molecule has 32 heavy (non-hydrogen) atoms. The van der Waals surface area contributed by atoms with E-state index < -0.39 is 17.7 Å². The Bertz CT molecular complexity index is 878. The number of carboxylic acid groups (broad SMARTS) is 1. The standard InChI is InChI=1S/C19H26N4O2.C2HF3O2/c1-13(2)17(24)22-10-7-19(8-11-22)18(25)23(12-14-5-6-14)16-15(21-19)4-3-9-20-16;3-2(4,5)1(6)7/h3-4,9,13-14,21H,5-8,10-12H2,1-2H3;(H,6,7). The molecule has 11 heteroatoms. The summed E-state index contributed by atoms with van der Waals surface area (Å²) < 4.78 is 31.7. The first-order chi connectivity index (χ1) is 14.9. The van der Waals surface area contributed by atoms with Crippen molar-refractivity contribution in [1.29, 1.82) is 0 Å². The predicted octanol–water partition coefficient (Wildman–Crippen LogP) is 2.90. The number of hydrogen-bond acceptors (Lipinski definition) is 5. The lowest BCUT2D eigenvalue weighted by molar-refractivity contribution is -0.192. The second-order valence-electron chi connectivity index (χ2n) is 8.72. The Morgan fingerprint density at radius 3 is 2.38 bits per heavy atom. The van der Waals surface area contributed by atoms with E-state index in [1.807, 2.05) is 35.8 Å². The number of hydrogen-bond donors (Lipinski definition) is 2. The van der Waals surface area contributed by atoms with Gasteiger partial charge in [0.05, 0.1) is 5.69 Å². The molecule has 4 rings (SSSR count). The average molecular weight is 456 g/mol. The van der Waals surface area contributed by atoms with Crippen LogP contribution in [0.2, 0.25) is 0 Å². The zero-order valence-electron chi connectivity index (χ0n) is 18.0. The monoisotopic (exact) mass is 456 g/mol. The third-order valence-electron chi connectivity index (χ3n) is 5.87. The fourth-order valence-corrected chi connectivity index (χ4v) is 3.92. The van der Waals surface area contributed by atoms with Gasteiger partial charge < -0.3 is 15.3 Å². The molecule has 0 bridgehead atoms. The van der Waals surface area contributed by atoms with Gasteiger partial charge in [-0.05, 0) is 43.7 Å². The Morgan fingerprint density at radius 1 is 1.28 bits per heavy atom. The molecule has 0 aromatic carbocycles. The van der Waals surface area contributed by atoms with Crippen molar-refractivity contribution in [2.24, 2.45) is 11.8 Å². The topological polar surface area (TPSA) is 103 Å². The molecule has 176 valence electrons. The molecule has 0 unspecified atom stereocenters. The Labute approximate surface area is 183 Å². The van der Waals surface area contributed by atoms with Gasteiger partial charge in [-0.3, -0.25) is 14.5 Å². The van der Waals surface area contributed by atoms with Gasteiger partial charge in [0.15, 0.2) is 5.82 Å². The third-order valence-corrected chi connectivity index (χ3v) is 5.87.